The van der Waals surface area contributed by atoms with E-state index in [1.807, 2.05) is 0 Å². The molecule has 3 nitrogen and oxygen atoms in total. The van der Waals surface area contributed by atoms with E-state index < -0.39 is 0 Å². The summed E-state index contributed by atoms with van der Waals surface area (Å²) in [5.41, 5.74) is 0.382. The van der Waals surface area contributed by atoms with Crippen LogP contribution in [-0.4, -0.2) is 24.2 Å². The molecule has 1 fully saturated rings. The van der Waals surface area contributed by atoms with Crippen molar-refractivity contribution in [1.82, 2.24) is 5.32 Å². The molecule has 0 heterocycles. The fourth-order valence-corrected chi connectivity index (χ4v) is 3.64. The van der Waals surface area contributed by atoms with Crippen molar-refractivity contribution in [1.29, 1.82) is 0 Å². The molecule has 0 aromatic heterocycles. The normalized spacial score (nSPS) is 27.8. The SMILES string of the molecule is CC(CCO)CNC(=O)CC1CC(C)CC(C)(C)C1. The summed E-state index contributed by atoms with van der Waals surface area (Å²) >= 11 is 0. The topological polar surface area (TPSA) is 49.3 Å². The van der Waals surface area contributed by atoms with Crippen molar-refractivity contribution in [3.05, 3.63) is 0 Å². The van der Waals surface area contributed by atoms with Crippen LogP contribution >= 0.6 is 0 Å². The zero-order valence-electron chi connectivity index (χ0n) is 13.0. The number of aliphatic hydroxyl groups excluding tert-OH is 1. The van der Waals surface area contributed by atoms with Gasteiger partial charge >= 0.3 is 0 Å². The van der Waals surface area contributed by atoms with E-state index >= 15 is 0 Å². The van der Waals surface area contributed by atoms with Gasteiger partial charge in [-0.05, 0) is 48.9 Å². The Bertz CT molecular complexity index is 288. The van der Waals surface area contributed by atoms with Crippen LogP contribution in [0.15, 0.2) is 0 Å². The molecule has 1 amide bonds. The maximum absolute atomic E-state index is 12.0. The van der Waals surface area contributed by atoms with Gasteiger partial charge in [0, 0.05) is 19.6 Å². The molecular formula is C16H31NO2. The van der Waals surface area contributed by atoms with Crippen LogP contribution in [0.5, 0.6) is 0 Å². The number of nitrogens with one attached hydrogen (secondary N) is 1. The van der Waals surface area contributed by atoms with Crippen molar-refractivity contribution < 1.29 is 9.90 Å². The Morgan fingerprint density at radius 3 is 2.68 bits per heavy atom. The van der Waals surface area contributed by atoms with Crippen LogP contribution in [-0.2, 0) is 4.79 Å². The van der Waals surface area contributed by atoms with Gasteiger partial charge in [-0.25, -0.2) is 0 Å². The van der Waals surface area contributed by atoms with Crippen molar-refractivity contribution in [3.63, 3.8) is 0 Å². The maximum atomic E-state index is 12.0. The number of carbonyl (C=O) groups is 1. The number of aliphatic hydroxyl groups is 1. The van der Waals surface area contributed by atoms with E-state index in [0.29, 0.717) is 30.2 Å². The van der Waals surface area contributed by atoms with Crippen LogP contribution in [0, 0.1) is 23.2 Å². The predicted octanol–water partition coefficient (Wildman–Crippen LogP) is 2.97. The Hall–Kier alpha value is -0.570. The average molecular weight is 269 g/mol. The first-order valence-electron chi connectivity index (χ1n) is 7.70. The first kappa shape index (κ1) is 16.5. The minimum absolute atomic E-state index is 0.180. The standard InChI is InChI=1S/C16H31NO2/c1-12(5-6-18)11-17-15(19)8-14-7-13(2)9-16(3,4)10-14/h12-14,18H,5-11H2,1-4H3,(H,17,19). The largest absolute Gasteiger partial charge is 0.396 e. The minimum atomic E-state index is 0.180. The molecule has 2 N–H and O–H groups in total. The number of rotatable bonds is 6. The molecule has 0 bridgehead atoms. The second kappa shape index (κ2) is 7.28. The van der Waals surface area contributed by atoms with Crippen LogP contribution < -0.4 is 5.32 Å². The fraction of sp³-hybridized carbons (Fsp3) is 0.938. The highest BCUT2D eigenvalue weighted by Crippen LogP contribution is 2.42. The van der Waals surface area contributed by atoms with Crippen molar-refractivity contribution in [2.24, 2.45) is 23.2 Å². The van der Waals surface area contributed by atoms with Gasteiger partial charge < -0.3 is 10.4 Å². The van der Waals surface area contributed by atoms with Crippen LogP contribution in [0.1, 0.15) is 59.8 Å². The van der Waals surface area contributed by atoms with Crippen molar-refractivity contribution >= 4 is 5.91 Å². The van der Waals surface area contributed by atoms with Crippen molar-refractivity contribution in [3.8, 4) is 0 Å². The van der Waals surface area contributed by atoms with Crippen LogP contribution in [0.2, 0.25) is 0 Å². The van der Waals surface area contributed by atoms with Crippen LogP contribution in [0.3, 0.4) is 0 Å². The molecule has 1 saturated carbocycles. The number of hydrogen-bond donors (Lipinski definition) is 2. The van der Waals surface area contributed by atoms with Gasteiger partial charge in [-0.2, -0.15) is 0 Å². The molecular weight excluding hydrogens is 238 g/mol. The molecule has 0 radical (unpaired) electrons. The zero-order chi connectivity index (χ0) is 14.5. The molecule has 19 heavy (non-hydrogen) atoms. The molecule has 1 rings (SSSR count). The van der Waals surface area contributed by atoms with Crippen LogP contribution in [0.25, 0.3) is 0 Å². The molecule has 3 unspecified atom stereocenters. The highest BCUT2D eigenvalue weighted by atomic mass is 16.3. The third-order valence-electron chi connectivity index (χ3n) is 4.22. The highest BCUT2D eigenvalue weighted by Gasteiger charge is 2.32. The Balaban J connectivity index is 2.31. The predicted molar refractivity (Wildman–Crippen MR) is 78.8 cm³/mol. The molecule has 1 aliphatic rings. The lowest BCUT2D eigenvalue weighted by Crippen LogP contribution is -2.34. The Kier molecular flexibility index (Phi) is 6.31. The van der Waals surface area contributed by atoms with Gasteiger partial charge in [-0.3, -0.25) is 4.79 Å². The lowest BCUT2D eigenvalue weighted by atomic mass is 9.67. The summed E-state index contributed by atoms with van der Waals surface area (Å²) in [4.78, 5) is 12.0. The van der Waals surface area contributed by atoms with E-state index in [-0.39, 0.29) is 12.5 Å². The molecule has 0 aromatic rings. The summed E-state index contributed by atoms with van der Waals surface area (Å²) in [5, 5.41) is 11.8. The molecule has 0 saturated heterocycles. The molecule has 112 valence electrons. The van der Waals surface area contributed by atoms with E-state index in [4.69, 9.17) is 5.11 Å². The summed E-state index contributed by atoms with van der Waals surface area (Å²) in [7, 11) is 0. The van der Waals surface area contributed by atoms with E-state index in [1.54, 1.807) is 0 Å². The molecule has 0 aromatic carbocycles. The summed E-state index contributed by atoms with van der Waals surface area (Å²) in [5.74, 6) is 1.80. The van der Waals surface area contributed by atoms with Gasteiger partial charge in [0.05, 0.1) is 0 Å². The van der Waals surface area contributed by atoms with Gasteiger partial charge in [0.1, 0.15) is 0 Å². The van der Waals surface area contributed by atoms with Crippen LogP contribution in [0.4, 0.5) is 0 Å². The van der Waals surface area contributed by atoms with Gasteiger partial charge in [0.25, 0.3) is 0 Å². The lowest BCUT2D eigenvalue weighted by Gasteiger charge is -2.38. The van der Waals surface area contributed by atoms with Gasteiger partial charge in [0.15, 0.2) is 0 Å². The lowest BCUT2D eigenvalue weighted by molar-refractivity contribution is -0.122. The summed E-state index contributed by atoms with van der Waals surface area (Å²) in [6.45, 7) is 9.88. The second-order valence-electron chi connectivity index (χ2n) is 7.41. The van der Waals surface area contributed by atoms with Gasteiger partial charge in [-0.15, -0.1) is 0 Å². The van der Waals surface area contributed by atoms with E-state index in [2.05, 4.69) is 33.0 Å². The Labute approximate surface area is 118 Å². The van der Waals surface area contributed by atoms with Crippen molar-refractivity contribution in [2.45, 2.75) is 59.8 Å². The molecule has 0 aliphatic heterocycles. The molecule has 1 aliphatic carbocycles. The average Bonchev–Trinajstić information content (AvgIpc) is 2.23. The maximum Gasteiger partial charge on any atom is 0.220 e. The monoisotopic (exact) mass is 269 g/mol. The zero-order valence-corrected chi connectivity index (χ0v) is 13.0. The number of amides is 1. The second-order valence-corrected chi connectivity index (χ2v) is 7.41. The summed E-state index contributed by atoms with van der Waals surface area (Å²) in [6, 6.07) is 0. The first-order valence-corrected chi connectivity index (χ1v) is 7.70. The van der Waals surface area contributed by atoms with Crippen molar-refractivity contribution in [2.75, 3.05) is 13.2 Å². The summed E-state index contributed by atoms with van der Waals surface area (Å²) in [6.07, 6.45) is 5.05. The molecule has 3 atom stereocenters. The minimum Gasteiger partial charge on any atom is -0.396 e. The third kappa shape index (κ3) is 6.42. The molecule has 3 heteroatoms. The van der Waals surface area contributed by atoms with E-state index in [0.717, 1.165) is 18.8 Å². The highest BCUT2D eigenvalue weighted by molar-refractivity contribution is 5.76. The first-order chi connectivity index (χ1) is 8.82. The van der Waals surface area contributed by atoms with Gasteiger partial charge in [0.2, 0.25) is 5.91 Å². The smallest absolute Gasteiger partial charge is 0.220 e. The number of hydrogen-bond acceptors (Lipinski definition) is 2. The third-order valence-corrected chi connectivity index (χ3v) is 4.22. The quantitative estimate of drug-likeness (QED) is 0.779. The van der Waals surface area contributed by atoms with E-state index in [9.17, 15) is 4.79 Å². The fourth-order valence-electron chi connectivity index (χ4n) is 3.64. The van der Waals surface area contributed by atoms with Gasteiger partial charge in [-0.1, -0.05) is 27.7 Å². The number of carbonyl (C=O) groups excluding carboxylic acids is 1. The Morgan fingerprint density at radius 1 is 1.42 bits per heavy atom. The molecule has 0 spiro atoms. The van der Waals surface area contributed by atoms with E-state index in [1.165, 1.54) is 12.8 Å². The summed E-state index contributed by atoms with van der Waals surface area (Å²) < 4.78 is 0. The Morgan fingerprint density at radius 2 is 2.11 bits per heavy atom.